The van der Waals surface area contributed by atoms with Crippen LogP contribution in [0.3, 0.4) is 0 Å². The highest BCUT2D eigenvalue weighted by Crippen LogP contribution is 2.46. The lowest BCUT2D eigenvalue weighted by molar-refractivity contribution is 0.666. The quantitative estimate of drug-likeness (QED) is 0.167. The smallest absolute Gasteiger partial charge is 0.165 e. The number of rotatable bonds is 6. The van der Waals surface area contributed by atoms with E-state index in [0.717, 1.165) is 94.1 Å². The van der Waals surface area contributed by atoms with E-state index >= 15 is 0 Å². The van der Waals surface area contributed by atoms with Crippen LogP contribution in [0, 0.1) is 6.92 Å². The predicted octanol–water partition coefficient (Wildman–Crippen LogP) is 16.4. The van der Waals surface area contributed by atoms with Crippen molar-refractivity contribution in [2.75, 3.05) is 0 Å². The van der Waals surface area contributed by atoms with Gasteiger partial charge in [0, 0.05) is 71.2 Å². The molecule has 0 radical (unpaired) electrons. The molecule has 15 rings (SSSR count). The van der Waals surface area contributed by atoms with Crippen molar-refractivity contribution in [2.45, 2.75) is 6.92 Å². The van der Waals surface area contributed by atoms with E-state index in [4.69, 9.17) is 19.4 Å². The Hall–Kier alpha value is -9.59. The van der Waals surface area contributed by atoms with Gasteiger partial charge in [0.1, 0.15) is 5.58 Å². The topological polar surface area (TPSA) is 66.6 Å². The highest BCUT2D eigenvalue weighted by atomic mass is 16.3. The summed E-state index contributed by atoms with van der Waals surface area (Å²) >= 11 is 0. The van der Waals surface area contributed by atoms with Crippen LogP contribution in [0.25, 0.3) is 139 Å². The summed E-state index contributed by atoms with van der Waals surface area (Å²) < 4.78 is 14.4. The Balaban J connectivity index is 1.07. The molecule has 0 aliphatic rings. The van der Waals surface area contributed by atoms with Gasteiger partial charge in [0.2, 0.25) is 0 Å². The van der Waals surface area contributed by atoms with Gasteiger partial charge in [0.25, 0.3) is 0 Å². The Morgan fingerprint density at radius 2 is 0.803 bits per heavy atom. The summed E-state index contributed by atoms with van der Waals surface area (Å²) in [6.07, 6.45) is 0. The third-order valence-corrected chi connectivity index (χ3v) is 14.4. The van der Waals surface area contributed by atoms with Crippen molar-refractivity contribution < 1.29 is 4.42 Å². The van der Waals surface area contributed by atoms with Gasteiger partial charge < -0.3 is 18.1 Å². The number of para-hydroxylation sites is 5. The van der Waals surface area contributed by atoms with Gasteiger partial charge in [-0.3, -0.25) is 0 Å². The fourth-order valence-corrected chi connectivity index (χ4v) is 11.3. The van der Waals surface area contributed by atoms with E-state index in [-0.39, 0.29) is 0 Å². The van der Waals surface area contributed by atoms with Gasteiger partial charge in [-0.25, -0.2) is 15.0 Å². The van der Waals surface area contributed by atoms with Crippen LogP contribution in [-0.4, -0.2) is 28.7 Å². The van der Waals surface area contributed by atoms with Crippen molar-refractivity contribution in [3.05, 3.63) is 230 Å². The normalized spacial score (nSPS) is 12.0. The molecule has 15 aromatic rings. The van der Waals surface area contributed by atoms with Crippen molar-refractivity contribution in [3.8, 4) is 51.2 Å². The first kappa shape index (κ1) is 39.4. The molecule has 7 heteroatoms. The Labute approximate surface area is 406 Å². The molecular formula is C64H40N6O. The lowest BCUT2D eigenvalue weighted by atomic mass is 9.99. The van der Waals surface area contributed by atoms with E-state index in [1.165, 1.54) is 32.6 Å². The summed E-state index contributed by atoms with van der Waals surface area (Å²) in [7, 11) is 0. The minimum absolute atomic E-state index is 0.588. The molecule has 0 N–H and O–H groups in total. The van der Waals surface area contributed by atoms with E-state index in [9.17, 15) is 0 Å². The number of furan rings is 1. The second-order valence-electron chi connectivity index (χ2n) is 18.4. The van der Waals surface area contributed by atoms with Gasteiger partial charge in [0.05, 0.1) is 38.8 Å². The Morgan fingerprint density at radius 3 is 1.44 bits per heavy atom. The second-order valence-corrected chi connectivity index (χ2v) is 18.4. The van der Waals surface area contributed by atoms with Crippen LogP contribution in [0.5, 0.6) is 0 Å². The molecule has 0 fully saturated rings. The van der Waals surface area contributed by atoms with Crippen molar-refractivity contribution in [3.63, 3.8) is 0 Å². The summed E-state index contributed by atoms with van der Waals surface area (Å²) in [5.74, 6) is 1.81. The zero-order chi connectivity index (χ0) is 46.7. The molecule has 0 unspecified atom stereocenters. The maximum atomic E-state index is 7.16. The predicted molar refractivity (Wildman–Crippen MR) is 291 cm³/mol. The summed E-state index contributed by atoms with van der Waals surface area (Å²) in [5, 5.41) is 9.09. The second kappa shape index (κ2) is 15.2. The average molecular weight is 909 g/mol. The van der Waals surface area contributed by atoms with Gasteiger partial charge >= 0.3 is 0 Å². The zero-order valence-electron chi connectivity index (χ0n) is 38.5. The van der Waals surface area contributed by atoms with Crippen LogP contribution in [0.4, 0.5) is 0 Å². The van der Waals surface area contributed by atoms with Crippen molar-refractivity contribution >= 4 is 87.4 Å². The van der Waals surface area contributed by atoms with Crippen LogP contribution in [0.1, 0.15) is 5.56 Å². The zero-order valence-corrected chi connectivity index (χ0v) is 38.5. The Bertz CT molecular complexity index is 4530. The molecule has 10 aromatic carbocycles. The van der Waals surface area contributed by atoms with E-state index in [1.807, 2.05) is 42.5 Å². The first-order valence-corrected chi connectivity index (χ1v) is 24.0. The van der Waals surface area contributed by atoms with E-state index < -0.39 is 0 Å². The number of hydrogen-bond donors (Lipinski definition) is 0. The maximum absolute atomic E-state index is 7.16. The molecule has 7 nitrogen and oxygen atoms in total. The van der Waals surface area contributed by atoms with Crippen molar-refractivity contribution in [1.29, 1.82) is 0 Å². The molecule has 0 aliphatic heterocycles. The summed E-state index contributed by atoms with van der Waals surface area (Å²) in [6, 6.07) is 79.5. The van der Waals surface area contributed by atoms with Gasteiger partial charge in [-0.15, -0.1) is 0 Å². The molecule has 5 heterocycles. The SMILES string of the molecule is Cc1cc(-n2c3ccc(-n4c5ccccc5c5ccccc54)cc3c3cc4c5ccccc5n(-c5ccccc5)c4cc32)c2oc3ccccc3c2c1-c1nc(-c2ccccc2)nc(-c2ccccc2)n1. The highest BCUT2D eigenvalue weighted by Gasteiger charge is 2.26. The molecule has 332 valence electrons. The summed E-state index contributed by atoms with van der Waals surface area (Å²) in [4.78, 5) is 15.6. The standard InChI is InChI=1S/C64H40N6O/c1-39-35-57(61-60(47-28-14-18-32-58(47)71-61)59(39)64-66-62(40-19-5-2-6-20-40)65-63(67-64)41-21-7-3-8-22-41)70-54-34-33-43(69-51-29-15-11-25-44(51)45-26-12-16-30-52(45)69)36-48(54)50-37-49-46-27-13-17-31-53(46)68(55(49)38-56(50)70)42-23-9-4-10-24-42/h2-38H,1H3. The molecule has 5 aromatic heterocycles. The minimum atomic E-state index is 0.588. The van der Waals surface area contributed by atoms with Gasteiger partial charge in [-0.05, 0) is 85.3 Å². The van der Waals surface area contributed by atoms with Crippen molar-refractivity contribution in [2.24, 2.45) is 0 Å². The number of fused-ring (bicyclic) bond motifs is 12. The van der Waals surface area contributed by atoms with E-state index in [2.05, 4.69) is 203 Å². The Kier molecular flexibility index (Phi) is 8.44. The number of aromatic nitrogens is 6. The van der Waals surface area contributed by atoms with Crippen molar-refractivity contribution in [1.82, 2.24) is 28.7 Å². The fraction of sp³-hybridized carbons (Fsp3) is 0.0156. The number of nitrogens with zero attached hydrogens (tertiary/aromatic N) is 6. The molecule has 0 aliphatic carbocycles. The summed E-state index contributed by atoms with van der Waals surface area (Å²) in [6.45, 7) is 2.17. The van der Waals surface area contributed by atoms with E-state index in [0.29, 0.717) is 17.5 Å². The highest BCUT2D eigenvalue weighted by molar-refractivity contribution is 6.21. The van der Waals surface area contributed by atoms with Gasteiger partial charge in [0.15, 0.2) is 23.1 Å². The number of aryl methyl sites for hydroxylation is 1. The van der Waals surface area contributed by atoms with Crippen LogP contribution in [-0.2, 0) is 0 Å². The largest absolute Gasteiger partial charge is 0.454 e. The minimum Gasteiger partial charge on any atom is -0.454 e. The van der Waals surface area contributed by atoms with E-state index in [1.54, 1.807) is 0 Å². The molecule has 0 amide bonds. The lowest BCUT2D eigenvalue weighted by Crippen LogP contribution is -2.03. The third kappa shape index (κ3) is 5.87. The molecular weight excluding hydrogens is 869 g/mol. The molecule has 0 saturated heterocycles. The monoisotopic (exact) mass is 908 g/mol. The van der Waals surface area contributed by atoms with Crippen LogP contribution in [0.2, 0.25) is 0 Å². The average Bonchev–Trinajstić information content (AvgIpc) is 4.17. The van der Waals surface area contributed by atoms with Crippen LogP contribution >= 0.6 is 0 Å². The first-order chi connectivity index (χ1) is 35.1. The van der Waals surface area contributed by atoms with Gasteiger partial charge in [-0.1, -0.05) is 152 Å². The third-order valence-electron chi connectivity index (χ3n) is 14.4. The molecule has 0 bridgehead atoms. The fourth-order valence-electron chi connectivity index (χ4n) is 11.3. The molecule has 0 saturated carbocycles. The van der Waals surface area contributed by atoms with Crippen LogP contribution < -0.4 is 0 Å². The lowest BCUT2D eigenvalue weighted by Gasteiger charge is -2.15. The number of benzene rings is 10. The first-order valence-electron chi connectivity index (χ1n) is 24.0. The maximum Gasteiger partial charge on any atom is 0.165 e. The Morgan fingerprint density at radius 1 is 0.338 bits per heavy atom. The molecule has 0 atom stereocenters. The molecule has 0 spiro atoms. The summed E-state index contributed by atoms with van der Waals surface area (Å²) in [5.41, 5.74) is 15.2. The van der Waals surface area contributed by atoms with Gasteiger partial charge in [-0.2, -0.15) is 0 Å². The number of hydrogen-bond acceptors (Lipinski definition) is 4. The van der Waals surface area contributed by atoms with Crippen LogP contribution in [0.15, 0.2) is 229 Å². The molecule has 71 heavy (non-hydrogen) atoms.